The van der Waals surface area contributed by atoms with Crippen molar-refractivity contribution in [2.75, 3.05) is 50.1 Å². The highest BCUT2D eigenvalue weighted by atomic mass is 35.5. The van der Waals surface area contributed by atoms with Crippen LogP contribution in [0, 0.1) is 0 Å². The Morgan fingerprint density at radius 2 is 1.85 bits per heavy atom. The highest BCUT2D eigenvalue weighted by Gasteiger charge is 2.20. The highest BCUT2D eigenvalue weighted by molar-refractivity contribution is 6.76. The predicted molar refractivity (Wildman–Crippen MR) is 141 cm³/mol. The average molecular weight is 501 g/mol. The first-order valence-electron chi connectivity index (χ1n) is 11.6. The third-order valence-electron chi connectivity index (χ3n) is 6.02. The van der Waals surface area contributed by atoms with E-state index >= 15 is 0 Å². The second-order valence-corrected chi connectivity index (χ2v) is 16.0. The van der Waals surface area contributed by atoms with Crippen molar-refractivity contribution >= 4 is 47.9 Å². The molecule has 0 unspecified atom stereocenters. The maximum atomic E-state index is 13.1. The van der Waals surface area contributed by atoms with E-state index in [0.29, 0.717) is 28.4 Å². The van der Waals surface area contributed by atoms with Crippen LogP contribution >= 0.6 is 11.6 Å². The quantitative estimate of drug-likeness (QED) is 0.280. The molecule has 8 nitrogen and oxygen atoms in total. The van der Waals surface area contributed by atoms with E-state index in [-0.39, 0.29) is 12.6 Å². The van der Waals surface area contributed by atoms with Crippen molar-refractivity contribution < 1.29 is 9.53 Å². The van der Waals surface area contributed by atoms with Gasteiger partial charge in [-0.3, -0.25) is 4.79 Å². The number of hydrogen-bond acceptors (Lipinski definition) is 6. The van der Waals surface area contributed by atoms with Crippen molar-refractivity contribution in [3.8, 4) is 0 Å². The lowest BCUT2D eigenvalue weighted by molar-refractivity contribution is 0.0809. The topological polar surface area (TPSA) is 75.5 Å². The molecule has 0 radical (unpaired) electrons. The fourth-order valence-corrected chi connectivity index (χ4v) is 4.77. The molecule has 4 rings (SSSR count). The molecule has 1 aliphatic heterocycles. The van der Waals surface area contributed by atoms with Gasteiger partial charge in [0.2, 0.25) is 0 Å². The van der Waals surface area contributed by atoms with E-state index in [4.69, 9.17) is 16.3 Å². The zero-order valence-electron chi connectivity index (χ0n) is 20.3. The Morgan fingerprint density at radius 3 is 2.53 bits per heavy atom. The molecule has 0 atom stereocenters. The lowest BCUT2D eigenvalue weighted by Gasteiger charge is -2.34. The summed E-state index contributed by atoms with van der Waals surface area (Å²) in [5.41, 5.74) is 2.90. The van der Waals surface area contributed by atoms with E-state index in [9.17, 15) is 4.79 Å². The number of carbonyl (C=O) groups excluding carboxylic acids is 1. The first-order valence-corrected chi connectivity index (χ1v) is 15.7. The van der Waals surface area contributed by atoms with Crippen molar-refractivity contribution in [2.45, 2.75) is 32.4 Å². The van der Waals surface area contributed by atoms with Crippen molar-refractivity contribution in [2.24, 2.45) is 0 Å². The van der Waals surface area contributed by atoms with Gasteiger partial charge in [0.15, 0.2) is 5.69 Å². The minimum absolute atomic E-state index is 0.261. The lowest BCUT2D eigenvalue weighted by Crippen LogP contribution is -2.44. The Kier molecular flexibility index (Phi) is 7.56. The first-order chi connectivity index (χ1) is 16.2. The van der Waals surface area contributed by atoms with Gasteiger partial charge in [0.05, 0.1) is 11.7 Å². The lowest BCUT2D eigenvalue weighted by atomic mass is 10.2. The number of fused-ring (bicyclic) bond motifs is 1. The summed E-state index contributed by atoms with van der Waals surface area (Å²) >= 11 is 6.13. The smallest absolute Gasteiger partial charge is 0.276 e. The van der Waals surface area contributed by atoms with Crippen LogP contribution < -0.4 is 10.2 Å². The zero-order valence-corrected chi connectivity index (χ0v) is 22.1. The normalized spacial score (nSPS) is 15.1. The van der Waals surface area contributed by atoms with E-state index < -0.39 is 8.07 Å². The van der Waals surface area contributed by atoms with Crippen LogP contribution in [-0.2, 0) is 11.5 Å². The molecule has 0 bridgehead atoms. The molecule has 1 amide bonds. The number of likely N-dealkylation sites (N-methyl/N-ethyl adjacent to an activating group) is 1. The van der Waals surface area contributed by atoms with E-state index in [0.717, 1.165) is 43.6 Å². The first kappa shape index (κ1) is 24.7. The third kappa shape index (κ3) is 6.15. The number of nitrogens with zero attached hydrogens (tertiary/aromatic N) is 5. The third-order valence-corrected chi connectivity index (χ3v) is 7.93. The van der Waals surface area contributed by atoms with Gasteiger partial charge >= 0.3 is 0 Å². The summed E-state index contributed by atoms with van der Waals surface area (Å²) in [5.74, 6) is -0.291. The van der Waals surface area contributed by atoms with Crippen molar-refractivity contribution in [1.29, 1.82) is 0 Å². The van der Waals surface area contributed by atoms with E-state index in [1.807, 2.05) is 24.3 Å². The van der Waals surface area contributed by atoms with Gasteiger partial charge in [0.1, 0.15) is 11.9 Å². The molecule has 1 aromatic carbocycles. The van der Waals surface area contributed by atoms with Gasteiger partial charge in [0.25, 0.3) is 5.91 Å². The molecule has 0 aliphatic carbocycles. The molecule has 0 spiro atoms. The molecule has 10 heteroatoms. The number of anilines is 2. The highest BCUT2D eigenvalue weighted by Crippen LogP contribution is 2.24. The second-order valence-electron chi connectivity index (χ2n) is 10.0. The number of rotatable bonds is 8. The van der Waals surface area contributed by atoms with E-state index in [1.165, 1.54) is 0 Å². The molecule has 34 heavy (non-hydrogen) atoms. The minimum Gasteiger partial charge on any atom is -0.369 e. The molecule has 182 valence electrons. The maximum Gasteiger partial charge on any atom is 0.276 e. The predicted octanol–water partition coefficient (Wildman–Crippen LogP) is 4.40. The number of benzene rings is 1. The minimum atomic E-state index is -1.18. The summed E-state index contributed by atoms with van der Waals surface area (Å²) < 4.78 is 7.53. The van der Waals surface area contributed by atoms with Gasteiger partial charge in [-0.1, -0.05) is 31.2 Å². The van der Waals surface area contributed by atoms with Gasteiger partial charge < -0.3 is 19.9 Å². The van der Waals surface area contributed by atoms with Crippen LogP contribution in [0.3, 0.4) is 0 Å². The number of piperazine rings is 1. The number of carbonyl (C=O) groups is 1. The van der Waals surface area contributed by atoms with Crippen LogP contribution in [0.15, 0.2) is 36.5 Å². The number of halogens is 1. The van der Waals surface area contributed by atoms with Gasteiger partial charge in [-0.25, -0.2) is 9.67 Å². The van der Waals surface area contributed by atoms with Crippen LogP contribution in [0.2, 0.25) is 30.8 Å². The monoisotopic (exact) mass is 500 g/mol. The van der Waals surface area contributed by atoms with Gasteiger partial charge in [-0.15, -0.1) is 0 Å². The Hall–Kier alpha value is -2.46. The van der Waals surface area contributed by atoms with Crippen LogP contribution in [0.25, 0.3) is 10.9 Å². The molecule has 1 aliphatic rings. The summed E-state index contributed by atoms with van der Waals surface area (Å²) in [5, 5.41) is 8.48. The fraction of sp³-hybridized carbons (Fsp3) is 0.458. The summed E-state index contributed by atoms with van der Waals surface area (Å²) in [7, 11) is 0.958. The van der Waals surface area contributed by atoms with E-state index in [2.05, 4.69) is 51.9 Å². The maximum absolute atomic E-state index is 13.1. The summed E-state index contributed by atoms with van der Waals surface area (Å²) in [6.07, 6.45) is 1.63. The van der Waals surface area contributed by atoms with Crippen LogP contribution in [0.1, 0.15) is 10.5 Å². The van der Waals surface area contributed by atoms with Crippen LogP contribution in [0.5, 0.6) is 0 Å². The fourth-order valence-electron chi connectivity index (χ4n) is 3.85. The molecule has 0 saturated carbocycles. The van der Waals surface area contributed by atoms with Gasteiger partial charge in [-0.05, 0) is 43.4 Å². The molecule has 1 N–H and O–H groups in total. The summed E-state index contributed by atoms with van der Waals surface area (Å²) in [4.78, 5) is 22.0. The number of hydrogen-bond donors (Lipinski definition) is 1. The Bertz CT molecular complexity index is 1140. The van der Waals surface area contributed by atoms with Crippen molar-refractivity contribution in [1.82, 2.24) is 19.7 Å². The molecular weight excluding hydrogens is 468 g/mol. The summed E-state index contributed by atoms with van der Waals surface area (Å²) in [6, 6.07) is 10.7. The van der Waals surface area contributed by atoms with Crippen molar-refractivity contribution in [3.63, 3.8) is 0 Å². The van der Waals surface area contributed by atoms with Crippen LogP contribution in [0.4, 0.5) is 11.4 Å². The standard InChI is InChI=1S/C24H33ClN6O2Si/c1-29-9-11-30(12-10-29)19-7-5-18(6-8-19)27-24(32)23-20-15-22(25)26-16-21(20)31(28-23)17-33-13-14-34(2,3)4/h5-8,15-16H,9-14,17H2,1-4H3,(H,27,32). The number of nitrogens with one attached hydrogen (secondary N) is 1. The molecule has 3 heterocycles. The van der Waals surface area contributed by atoms with E-state index in [1.54, 1.807) is 16.9 Å². The Balaban J connectivity index is 1.47. The van der Waals surface area contributed by atoms with Crippen molar-refractivity contribution in [3.05, 3.63) is 47.4 Å². The Labute approximate surface area is 206 Å². The second kappa shape index (κ2) is 10.4. The molecule has 3 aromatic rings. The molecule has 1 fully saturated rings. The average Bonchev–Trinajstić information content (AvgIpc) is 3.15. The molecule has 1 saturated heterocycles. The SMILES string of the molecule is CN1CCN(c2ccc(NC(=O)c3nn(COCC[Si](C)(C)C)c4cnc(Cl)cc34)cc2)CC1. The molecular formula is C24H33ClN6O2Si. The summed E-state index contributed by atoms with van der Waals surface area (Å²) in [6.45, 7) is 12.0. The number of ether oxygens (including phenoxy) is 1. The number of aromatic nitrogens is 3. The van der Waals surface area contributed by atoms with Crippen LogP contribution in [-0.4, -0.2) is 73.5 Å². The largest absolute Gasteiger partial charge is 0.369 e. The number of amides is 1. The Morgan fingerprint density at radius 1 is 1.15 bits per heavy atom. The zero-order chi connectivity index (χ0) is 24.3. The molecule has 2 aromatic heterocycles. The van der Waals surface area contributed by atoms with Gasteiger partial charge in [-0.2, -0.15) is 5.10 Å². The number of pyridine rings is 1. The van der Waals surface area contributed by atoms with Gasteiger partial charge in [0, 0.05) is 57.6 Å².